The average molecular weight is 252 g/mol. The Morgan fingerprint density at radius 2 is 1.83 bits per heavy atom. The van der Waals surface area contributed by atoms with Crippen molar-refractivity contribution >= 4 is 11.9 Å². The van der Waals surface area contributed by atoms with Gasteiger partial charge in [-0.05, 0) is 55.8 Å². The Morgan fingerprint density at radius 1 is 1.22 bits per heavy atom. The zero-order valence-electron chi connectivity index (χ0n) is 10.7. The molecule has 4 heteroatoms. The van der Waals surface area contributed by atoms with Gasteiger partial charge in [0.05, 0.1) is 12.5 Å². The monoisotopic (exact) mass is 252 g/mol. The number of carboxylic acid groups (broad SMARTS) is 1. The molecular weight excluding hydrogens is 232 g/mol. The van der Waals surface area contributed by atoms with Crippen molar-refractivity contribution in [2.75, 3.05) is 7.11 Å². The van der Waals surface area contributed by atoms with Crippen LogP contribution in [-0.4, -0.2) is 24.2 Å². The molecule has 0 aromatic heterocycles. The predicted octanol–water partition coefficient (Wildman–Crippen LogP) is 2.08. The van der Waals surface area contributed by atoms with Crippen molar-refractivity contribution in [3.63, 3.8) is 0 Å². The zero-order chi connectivity index (χ0) is 12.9. The second-order valence-electron chi connectivity index (χ2n) is 6.50. The number of carbonyl (C=O) groups excluding carboxylic acids is 1. The largest absolute Gasteiger partial charge is 0.481 e. The molecule has 0 spiro atoms. The number of rotatable bonds is 3. The van der Waals surface area contributed by atoms with Crippen LogP contribution in [0.4, 0.5) is 0 Å². The van der Waals surface area contributed by atoms with Crippen molar-refractivity contribution in [3.8, 4) is 0 Å². The van der Waals surface area contributed by atoms with E-state index in [1.54, 1.807) is 0 Å². The number of carbonyl (C=O) groups is 2. The summed E-state index contributed by atoms with van der Waals surface area (Å²) in [5.41, 5.74) is -0.278. The molecular formula is C14H20O4. The molecule has 4 aliphatic carbocycles. The maximum absolute atomic E-state index is 12.1. The van der Waals surface area contributed by atoms with Crippen LogP contribution in [0.2, 0.25) is 0 Å². The van der Waals surface area contributed by atoms with Crippen LogP contribution < -0.4 is 0 Å². The van der Waals surface area contributed by atoms with Crippen LogP contribution in [0.1, 0.15) is 38.5 Å². The van der Waals surface area contributed by atoms with E-state index in [0.29, 0.717) is 17.8 Å². The number of hydrogen-bond donors (Lipinski definition) is 1. The van der Waals surface area contributed by atoms with Gasteiger partial charge in [0.1, 0.15) is 0 Å². The topological polar surface area (TPSA) is 63.6 Å². The first-order valence-electron chi connectivity index (χ1n) is 6.84. The third-order valence-electron chi connectivity index (χ3n) is 5.50. The molecule has 4 aliphatic rings. The summed E-state index contributed by atoms with van der Waals surface area (Å²) in [5, 5.41) is 9.03. The Hall–Kier alpha value is -1.06. The molecule has 4 bridgehead atoms. The van der Waals surface area contributed by atoms with Crippen molar-refractivity contribution in [2.45, 2.75) is 38.5 Å². The molecule has 18 heavy (non-hydrogen) atoms. The predicted molar refractivity (Wildman–Crippen MR) is 63.7 cm³/mol. The highest BCUT2D eigenvalue weighted by molar-refractivity contribution is 5.77. The van der Waals surface area contributed by atoms with E-state index in [0.717, 1.165) is 32.1 Å². The van der Waals surface area contributed by atoms with Gasteiger partial charge in [0.2, 0.25) is 0 Å². The first-order chi connectivity index (χ1) is 8.54. The quantitative estimate of drug-likeness (QED) is 0.781. The van der Waals surface area contributed by atoms with Gasteiger partial charge in [-0.15, -0.1) is 0 Å². The normalized spacial score (nSPS) is 44.9. The highest BCUT2D eigenvalue weighted by atomic mass is 16.5. The van der Waals surface area contributed by atoms with Gasteiger partial charge in [-0.25, -0.2) is 0 Å². The van der Waals surface area contributed by atoms with Gasteiger partial charge in [-0.3, -0.25) is 9.59 Å². The SMILES string of the molecule is COC(=O)C12CC3CC(C1)C(CC(=O)O)C(C3)C2. The maximum atomic E-state index is 12.1. The lowest BCUT2D eigenvalue weighted by Gasteiger charge is -2.58. The molecule has 0 heterocycles. The van der Waals surface area contributed by atoms with Crippen LogP contribution in [-0.2, 0) is 14.3 Å². The van der Waals surface area contributed by atoms with Gasteiger partial charge >= 0.3 is 11.9 Å². The van der Waals surface area contributed by atoms with Crippen LogP contribution in [0.5, 0.6) is 0 Å². The van der Waals surface area contributed by atoms with E-state index in [4.69, 9.17) is 9.84 Å². The molecule has 0 aromatic rings. The Labute approximate surface area is 107 Å². The second-order valence-corrected chi connectivity index (χ2v) is 6.50. The molecule has 4 rings (SSSR count). The minimum absolute atomic E-state index is 0.0596. The Morgan fingerprint density at radius 3 is 2.33 bits per heavy atom. The maximum Gasteiger partial charge on any atom is 0.311 e. The molecule has 0 amide bonds. The lowest BCUT2D eigenvalue weighted by molar-refractivity contribution is -0.175. The van der Waals surface area contributed by atoms with Crippen LogP contribution >= 0.6 is 0 Å². The van der Waals surface area contributed by atoms with Crippen LogP contribution in [0.15, 0.2) is 0 Å². The van der Waals surface area contributed by atoms with Gasteiger partial charge in [-0.1, -0.05) is 0 Å². The van der Waals surface area contributed by atoms with Crippen molar-refractivity contribution in [2.24, 2.45) is 29.1 Å². The summed E-state index contributed by atoms with van der Waals surface area (Å²) in [7, 11) is 1.47. The van der Waals surface area contributed by atoms with Gasteiger partial charge in [0, 0.05) is 6.42 Å². The van der Waals surface area contributed by atoms with Crippen LogP contribution in [0.3, 0.4) is 0 Å². The van der Waals surface area contributed by atoms with Gasteiger partial charge in [0.25, 0.3) is 0 Å². The van der Waals surface area contributed by atoms with E-state index in [1.807, 2.05) is 0 Å². The summed E-state index contributed by atoms with van der Waals surface area (Å²) in [5.74, 6) is 0.997. The van der Waals surface area contributed by atoms with Crippen molar-refractivity contribution in [1.82, 2.24) is 0 Å². The van der Waals surface area contributed by atoms with Crippen molar-refractivity contribution in [3.05, 3.63) is 0 Å². The first kappa shape index (κ1) is 12.0. The summed E-state index contributed by atoms with van der Waals surface area (Å²) >= 11 is 0. The molecule has 1 N–H and O–H groups in total. The number of hydrogen-bond acceptors (Lipinski definition) is 3. The lowest BCUT2D eigenvalue weighted by Crippen LogP contribution is -2.54. The summed E-state index contributed by atoms with van der Waals surface area (Å²) in [6.45, 7) is 0. The van der Waals surface area contributed by atoms with E-state index >= 15 is 0 Å². The number of carboxylic acids is 1. The van der Waals surface area contributed by atoms with Gasteiger partial charge in [-0.2, -0.15) is 0 Å². The molecule has 0 saturated heterocycles. The molecule has 4 nitrogen and oxygen atoms in total. The third kappa shape index (κ3) is 1.65. The van der Waals surface area contributed by atoms with Gasteiger partial charge < -0.3 is 9.84 Å². The summed E-state index contributed by atoms with van der Waals surface area (Å²) in [6.07, 6.45) is 5.18. The highest BCUT2D eigenvalue weighted by Crippen LogP contribution is 2.63. The molecule has 2 atom stereocenters. The van der Waals surface area contributed by atoms with Crippen molar-refractivity contribution in [1.29, 1.82) is 0 Å². The molecule has 0 radical (unpaired) electrons. The minimum atomic E-state index is -0.695. The summed E-state index contributed by atoms with van der Waals surface area (Å²) < 4.78 is 5.00. The van der Waals surface area contributed by atoms with Crippen LogP contribution in [0.25, 0.3) is 0 Å². The average Bonchev–Trinajstić information content (AvgIpc) is 2.31. The van der Waals surface area contributed by atoms with Crippen molar-refractivity contribution < 1.29 is 19.4 Å². The fraction of sp³-hybridized carbons (Fsp3) is 0.857. The Balaban J connectivity index is 1.84. The smallest absolute Gasteiger partial charge is 0.311 e. The molecule has 100 valence electrons. The molecule has 0 aliphatic heterocycles. The summed E-state index contributed by atoms with van der Waals surface area (Å²) in [4.78, 5) is 23.0. The molecule has 4 fully saturated rings. The number of methoxy groups -OCH3 is 1. The second kappa shape index (κ2) is 3.97. The van der Waals surface area contributed by atoms with E-state index in [2.05, 4.69) is 0 Å². The van der Waals surface area contributed by atoms with E-state index in [9.17, 15) is 9.59 Å². The molecule has 0 aromatic carbocycles. The Kier molecular flexibility index (Phi) is 2.65. The highest BCUT2D eigenvalue weighted by Gasteiger charge is 2.59. The number of esters is 1. The lowest BCUT2D eigenvalue weighted by atomic mass is 9.46. The third-order valence-corrected chi connectivity index (χ3v) is 5.50. The van der Waals surface area contributed by atoms with Gasteiger partial charge in [0.15, 0.2) is 0 Å². The summed E-state index contributed by atoms with van der Waals surface area (Å²) in [6, 6.07) is 0. The van der Waals surface area contributed by atoms with E-state index < -0.39 is 5.97 Å². The first-order valence-corrected chi connectivity index (χ1v) is 6.84. The number of aliphatic carboxylic acids is 1. The fourth-order valence-electron chi connectivity index (χ4n) is 5.13. The Bertz CT molecular complexity index is 373. The standard InChI is InChI=1S/C14H20O4/c1-18-13(17)14-5-8-2-9(6-14)11(4-12(15)16)10(3-8)7-14/h8-11H,2-7H2,1H3,(H,15,16). The fourth-order valence-corrected chi connectivity index (χ4v) is 5.13. The molecule has 2 unspecified atom stereocenters. The van der Waals surface area contributed by atoms with Crippen LogP contribution in [0, 0.1) is 29.1 Å². The zero-order valence-corrected chi connectivity index (χ0v) is 10.7. The number of ether oxygens (including phenoxy) is 1. The minimum Gasteiger partial charge on any atom is -0.481 e. The van der Waals surface area contributed by atoms with E-state index in [1.165, 1.54) is 7.11 Å². The van der Waals surface area contributed by atoms with E-state index in [-0.39, 0.29) is 23.7 Å². The molecule has 4 saturated carbocycles.